The number of nitrogens with one attached hydrogen (secondary N) is 1. The topological polar surface area (TPSA) is 55.7 Å². The summed E-state index contributed by atoms with van der Waals surface area (Å²) in [6, 6.07) is 0. The van der Waals surface area contributed by atoms with Gasteiger partial charge in [0.05, 0.1) is 0 Å². The summed E-state index contributed by atoms with van der Waals surface area (Å²) in [4.78, 5) is 2.26. The van der Waals surface area contributed by atoms with Crippen LogP contribution in [0.4, 0.5) is 0 Å². The van der Waals surface area contributed by atoms with E-state index in [1.807, 2.05) is 0 Å². The van der Waals surface area contributed by atoms with Gasteiger partial charge in [-0.3, -0.25) is 5.32 Å². The van der Waals surface area contributed by atoms with Crippen molar-refractivity contribution in [2.45, 2.75) is 26.7 Å². The third-order valence-corrected chi connectivity index (χ3v) is 1.74. The lowest BCUT2D eigenvalue weighted by Gasteiger charge is -2.19. The highest BCUT2D eigenvalue weighted by atomic mass is 16.5. The number of nitrogens with zero attached hydrogens (tertiary/aromatic N) is 1. The molecule has 12 heavy (non-hydrogen) atoms. The molecule has 3 N–H and O–H groups in total. The molecule has 0 atom stereocenters. The Bertz CT molecular complexity index is 99.1. The lowest BCUT2D eigenvalue weighted by Crippen LogP contribution is -2.37. The van der Waals surface area contributed by atoms with Crippen molar-refractivity contribution in [1.29, 1.82) is 0 Å². The molecule has 0 heterocycles. The molecular formula is C8H20N2O2. The van der Waals surface area contributed by atoms with E-state index in [1.165, 1.54) is 0 Å². The summed E-state index contributed by atoms with van der Waals surface area (Å²) in [5, 5.41) is 19.5. The Morgan fingerprint density at radius 1 is 1.25 bits per heavy atom. The van der Waals surface area contributed by atoms with E-state index in [0.29, 0.717) is 6.54 Å². The highest BCUT2D eigenvalue weighted by Crippen LogP contribution is 1.88. The van der Waals surface area contributed by atoms with E-state index in [2.05, 4.69) is 24.1 Å². The van der Waals surface area contributed by atoms with E-state index in [1.54, 1.807) is 0 Å². The molecule has 0 rings (SSSR count). The summed E-state index contributed by atoms with van der Waals surface area (Å²) in [6.07, 6.45) is -0.250. The number of aliphatic hydroxyl groups excluding tert-OH is 1. The van der Waals surface area contributed by atoms with Crippen molar-refractivity contribution in [1.82, 2.24) is 10.2 Å². The Labute approximate surface area is 74.2 Å². The van der Waals surface area contributed by atoms with Crippen LogP contribution in [0.15, 0.2) is 0 Å². The van der Waals surface area contributed by atoms with Gasteiger partial charge in [0.2, 0.25) is 6.41 Å². The second kappa shape index (κ2) is 7.49. The van der Waals surface area contributed by atoms with Gasteiger partial charge < -0.3 is 15.1 Å². The fourth-order valence-electron chi connectivity index (χ4n) is 1.10. The molecule has 0 radical (unpaired) electrons. The minimum Gasteiger partial charge on any atom is -0.356 e. The van der Waals surface area contributed by atoms with Crippen LogP contribution < -0.4 is 5.32 Å². The number of hydrogen-bond acceptors (Lipinski definition) is 4. The quantitative estimate of drug-likeness (QED) is 0.461. The van der Waals surface area contributed by atoms with Crippen LogP contribution in [0, 0.1) is 0 Å². The zero-order valence-electron chi connectivity index (χ0n) is 7.95. The fourth-order valence-corrected chi connectivity index (χ4v) is 1.10. The predicted octanol–water partition coefficient (Wildman–Crippen LogP) is -0.424. The van der Waals surface area contributed by atoms with E-state index >= 15 is 0 Å². The van der Waals surface area contributed by atoms with Gasteiger partial charge in [0.25, 0.3) is 0 Å². The maximum Gasteiger partial charge on any atom is 0.211 e. The van der Waals surface area contributed by atoms with Crippen LogP contribution in [0.1, 0.15) is 20.3 Å². The summed E-state index contributed by atoms with van der Waals surface area (Å²) in [6.45, 7) is 7.80. The number of likely N-dealkylation sites (N-methyl/N-ethyl adjacent to an activating group) is 1. The van der Waals surface area contributed by atoms with Crippen LogP contribution in [0.25, 0.3) is 0 Å². The summed E-state index contributed by atoms with van der Waals surface area (Å²) in [7, 11) is 0. The molecule has 0 aliphatic carbocycles. The van der Waals surface area contributed by atoms with Gasteiger partial charge >= 0.3 is 0 Å². The van der Waals surface area contributed by atoms with Crippen LogP contribution in [0.5, 0.6) is 0 Å². The number of aliphatic hydroxyl groups is 2. The minimum absolute atomic E-state index is 0.617. The van der Waals surface area contributed by atoms with Crippen LogP contribution in [0.3, 0.4) is 0 Å². The van der Waals surface area contributed by atoms with Crippen molar-refractivity contribution in [2.75, 3.05) is 26.2 Å². The Morgan fingerprint density at radius 2 is 1.92 bits per heavy atom. The molecule has 0 fully saturated rings. The standard InChI is InChI=1S/C8H20N2O2/c1-3-6-10(4-2)7-5-9-8(11)12/h8-9,11-12H,3-7H2,1-2H3. The first-order valence-electron chi connectivity index (χ1n) is 4.52. The van der Waals surface area contributed by atoms with Gasteiger partial charge in [-0.1, -0.05) is 13.8 Å². The van der Waals surface area contributed by atoms with Gasteiger partial charge in [0.15, 0.2) is 0 Å². The maximum atomic E-state index is 8.49. The summed E-state index contributed by atoms with van der Waals surface area (Å²) in [5.74, 6) is 0. The molecule has 0 aliphatic rings. The summed E-state index contributed by atoms with van der Waals surface area (Å²) < 4.78 is 0. The first-order valence-corrected chi connectivity index (χ1v) is 4.52. The lowest BCUT2D eigenvalue weighted by molar-refractivity contribution is -0.0662. The highest BCUT2D eigenvalue weighted by molar-refractivity contribution is 4.55. The highest BCUT2D eigenvalue weighted by Gasteiger charge is 2.00. The Hall–Kier alpha value is -0.160. The van der Waals surface area contributed by atoms with Gasteiger partial charge in [0, 0.05) is 13.1 Å². The van der Waals surface area contributed by atoms with Crippen molar-refractivity contribution >= 4 is 0 Å². The second-order valence-corrected chi connectivity index (χ2v) is 2.76. The predicted molar refractivity (Wildman–Crippen MR) is 48.6 cm³/mol. The third-order valence-electron chi connectivity index (χ3n) is 1.74. The Balaban J connectivity index is 3.31. The monoisotopic (exact) mass is 176 g/mol. The van der Waals surface area contributed by atoms with E-state index in [9.17, 15) is 0 Å². The molecule has 0 aromatic carbocycles. The first kappa shape index (κ1) is 11.8. The van der Waals surface area contributed by atoms with E-state index < -0.39 is 6.41 Å². The fraction of sp³-hybridized carbons (Fsp3) is 1.00. The van der Waals surface area contributed by atoms with E-state index in [4.69, 9.17) is 10.2 Å². The van der Waals surface area contributed by atoms with E-state index in [0.717, 1.165) is 26.1 Å². The molecule has 4 heteroatoms. The van der Waals surface area contributed by atoms with Gasteiger partial charge in [-0.15, -0.1) is 0 Å². The second-order valence-electron chi connectivity index (χ2n) is 2.76. The van der Waals surface area contributed by atoms with Crippen molar-refractivity contribution in [3.8, 4) is 0 Å². The number of rotatable bonds is 7. The summed E-state index contributed by atoms with van der Waals surface area (Å²) in [5.41, 5.74) is 0. The van der Waals surface area contributed by atoms with Crippen molar-refractivity contribution in [3.05, 3.63) is 0 Å². The molecule has 4 nitrogen and oxygen atoms in total. The van der Waals surface area contributed by atoms with Crippen molar-refractivity contribution < 1.29 is 10.2 Å². The zero-order valence-corrected chi connectivity index (χ0v) is 7.95. The molecule has 0 saturated heterocycles. The third kappa shape index (κ3) is 6.54. The SMILES string of the molecule is CCCN(CC)CCNC(O)O. The van der Waals surface area contributed by atoms with Crippen LogP contribution >= 0.6 is 0 Å². The van der Waals surface area contributed by atoms with Crippen molar-refractivity contribution in [2.24, 2.45) is 0 Å². The normalized spacial score (nSPS) is 11.5. The van der Waals surface area contributed by atoms with Crippen LogP contribution in [-0.4, -0.2) is 47.7 Å². The smallest absolute Gasteiger partial charge is 0.211 e. The molecule has 0 aromatic heterocycles. The molecule has 0 spiro atoms. The van der Waals surface area contributed by atoms with Gasteiger partial charge in [-0.25, -0.2) is 0 Å². The number of hydrogen-bond donors (Lipinski definition) is 3. The van der Waals surface area contributed by atoms with Crippen LogP contribution in [-0.2, 0) is 0 Å². The van der Waals surface area contributed by atoms with Gasteiger partial charge in [-0.2, -0.15) is 0 Å². The average molecular weight is 176 g/mol. The maximum absolute atomic E-state index is 8.49. The molecule has 0 aliphatic heterocycles. The summed E-state index contributed by atoms with van der Waals surface area (Å²) >= 11 is 0. The zero-order chi connectivity index (χ0) is 9.40. The molecule has 74 valence electrons. The average Bonchev–Trinajstić information content (AvgIpc) is 2.02. The molecule has 0 unspecified atom stereocenters. The molecule has 0 saturated carbocycles. The Kier molecular flexibility index (Phi) is 7.39. The van der Waals surface area contributed by atoms with Crippen molar-refractivity contribution in [3.63, 3.8) is 0 Å². The molecule has 0 aromatic rings. The van der Waals surface area contributed by atoms with Crippen LogP contribution in [0.2, 0.25) is 0 Å². The molecular weight excluding hydrogens is 156 g/mol. The van der Waals surface area contributed by atoms with E-state index in [-0.39, 0.29) is 0 Å². The van der Waals surface area contributed by atoms with Gasteiger partial charge in [0.1, 0.15) is 0 Å². The lowest BCUT2D eigenvalue weighted by atomic mass is 10.4. The molecule has 0 amide bonds. The minimum atomic E-state index is -1.38. The molecule has 0 bridgehead atoms. The first-order chi connectivity index (χ1) is 5.70. The van der Waals surface area contributed by atoms with Gasteiger partial charge in [-0.05, 0) is 19.5 Å². The largest absolute Gasteiger partial charge is 0.356 e. The Morgan fingerprint density at radius 3 is 2.33 bits per heavy atom.